The number of fused-ring (bicyclic) bond motifs is 2. The zero-order valence-electron chi connectivity index (χ0n) is 21.1. The SMILES string of the molecule is COC(=O)C1(CC(=O)OC(C)(C)C)C(=O)N(Cc2nc3cc(C(F)(F)F)ccc3s2)C(=O)c2ccc(F)cc21. The van der Waals surface area contributed by atoms with Crippen molar-refractivity contribution in [1.82, 2.24) is 9.88 Å². The molecule has 1 atom stereocenters. The Hall–Kier alpha value is -3.87. The number of methoxy groups -OCH3 is 1. The predicted octanol–water partition coefficient (Wildman–Crippen LogP) is 4.78. The fraction of sp³-hybridized carbons (Fsp3) is 0.346. The molecule has 0 spiro atoms. The van der Waals surface area contributed by atoms with E-state index in [1.807, 2.05) is 0 Å². The summed E-state index contributed by atoms with van der Waals surface area (Å²) >= 11 is 0.942. The van der Waals surface area contributed by atoms with Gasteiger partial charge in [-0.15, -0.1) is 11.3 Å². The number of halogens is 4. The van der Waals surface area contributed by atoms with Crippen LogP contribution in [0, 0.1) is 5.82 Å². The van der Waals surface area contributed by atoms with E-state index in [0.717, 1.165) is 48.8 Å². The smallest absolute Gasteiger partial charge is 0.416 e. The van der Waals surface area contributed by atoms with Crippen molar-refractivity contribution in [3.05, 3.63) is 63.9 Å². The Kier molecular flexibility index (Phi) is 7.00. The van der Waals surface area contributed by atoms with Crippen LogP contribution in [-0.2, 0) is 42.0 Å². The van der Waals surface area contributed by atoms with E-state index in [1.54, 1.807) is 20.8 Å². The minimum atomic E-state index is -4.60. The van der Waals surface area contributed by atoms with Crippen LogP contribution in [0.3, 0.4) is 0 Å². The largest absolute Gasteiger partial charge is 0.468 e. The van der Waals surface area contributed by atoms with Crippen molar-refractivity contribution in [3.8, 4) is 0 Å². The number of alkyl halides is 3. The lowest BCUT2D eigenvalue weighted by molar-refractivity contribution is -0.167. The number of hydrogen-bond donors (Lipinski definition) is 0. The number of hydrogen-bond acceptors (Lipinski definition) is 8. The van der Waals surface area contributed by atoms with Gasteiger partial charge in [0.15, 0.2) is 5.41 Å². The number of aromatic nitrogens is 1. The summed E-state index contributed by atoms with van der Waals surface area (Å²) in [6, 6.07) is 5.80. The van der Waals surface area contributed by atoms with Crippen LogP contribution >= 0.6 is 11.3 Å². The molecule has 8 nitrogen and oxygen atoms in total. The summed E-state index contributed by atoms with van der Waals surface area (Å²) in [6.45, 7) is 4.18. The minimum Gasteiger partial charge on any atom is -0.468 e. The van der Waals surface area contributed by atoms with E-state index in [2.05, 4.69) is 4.98 Å². The lowest BCUT2D eigenvalue weighted by Gasteiger charge is -2.39. The maximum absolute atomic E-state index is 14.4. The number of carbonyl (C=O) groups excluding carboxylic acids is 4. The van der Waals surface area contributed by atoms with Gasteiger partial charge in [0.1, 0.15) is 16.4 Å². The molecule has 0 fully saturated rings. The second-order valence-electron chi connectivity index (χ2n) is 9.83. The highest BCUT2D eigenvalue weighted by atomic mass is 32.1. The van der Waals surface area contributed by atoms with Crippen LogP contribution in [0.4, 0.5) is 17.6 Å². The minimum absolute atomic E-state index is 0.00260. The van der Waals surface area contributed by atoms with E-state index in [4.69, 9.17) is 9.47 Å². The number of rotatable bonds is 5. The second-order valence-corrected chi connectivity index (χ2v) is 10.9. The van der Waals surface area contributed by atoms with Crippen LogP contribution in [0.15, 0.2) is 36.4 Å². The lowest BCUT2D eigenvalue weighted by Crippen LogP contribution is -2.59. The molecule has 0 radical (unpaired) electrons. The molecule has 2 aromatic carbocycles. The number of amides is 2. The first-order valence-electron chi connectivity index (χ1n) is 11.5. The quantitative estimate of drug-likeness (QED) is 0.190. The highest BCUT2D eigenvalue weighted by molar-refractivity contribution is 7.18. The summed E-state index contributed by atoms with van der Waals surface area (Å²) in [5, 5.41) is 0.0904. The Morgan fingerprint density at radius 2 is 1.77 bits per heavy atom. The maximum atomic E-state index is 14.4. The van der Waals surface area contributed by atoms with Crippen molar-refractivity contribution in [1.29, 1.82) is 0 Å². The van der Waals surface area contributed by atoms with Crippen molar-refractivity contribution >= 4 is 45.3 Å². The third kappa shape index (κ3) is 5.22. The molecule has 1 aliphatic heterocycles. The van der Waals surface area contributed by atoms with Gasteiger partial charge in [-0.2, -0.15) is 13.2 Å². The predicted molar refractivity (Wildman–Crippen MR) is 130 cm³/mol. The molecule has 1 aliphatic rings. The number of imide groups is 1. The van der Waals surface area contributed by atoms with Gasteiger partial charge in [0.05, 0.1) is 35.9 Å². The molecule has 0 bridgehead atoms. The average Bonchev–Trinajstić information content (AvgIpc) is 3.24. The van der Waals surface area contributed by atoms with Crippen LogP contribution < -0.4 is 0 Å². The molecule has 1 aromatic heterocycles. The molecular formula is C26H22F4N2O6S. The number of benzene rings is 2. The molecule has 2 amide bonds. The summed E-state index contributed by atoms with van der Waals surface area (Å²) < 4.78 is 64.3. The van der Waals surface area contributed by atoms with E-state index in [9.17, 15) is 36.7 Å². The first-order chi connectivity index (χ1) is 18.1. The third-order valence-electron chi connectivity index (χ3n) is 5.94. The molecule has 0 N–H and O–H groups in total. The van der Waals surface area contributed by atoms with Gasteiger partial charge in [0.2, 0.25) is 0 Å². The van der Waals surface area contributed by atoms with Crippen LogP contribution in [0.2, 0.25) is 0 Å². The highest BCUT2D eigenvalue weighted by Crippen LogP contribution is 2.41. The van der Waals surface area contributed by atoms with Crippen molar-refractivity contribution in [2.24, 2.45) is 0 Å². The number of esters is 2. The van der Waals surface area contributed by atoms with E-state index in [1.165, 1.54) is 6.07 Å². The zero-order valence-corrected chi connectivity index (χ0v) is 22.0. The van der Waals surface area contributed by atoms with Gasteiger partial charge < -0.3 is 9.47 Å². The van der Waals surface area contributed by atoms with Gasteiger partial charge in [-0.1, -0.05) is 0 Å². The Morgan fingerprint density at radius 1 is 1.08 bits per heavy atom. The Morgan fingerprint density at radius 3 is 2.38 bits per heavy atom. The van der Waals surface area contributed by atoms with E-state index in [-0.39, 0.29) is 21.7 Å². The van der Waals surface area contributed by atoms with Crippen molar-refractivity contribution in [3.63, 3.8) is 0 Å². The van der Waals surface area contributed by atoms with Crippen molar-refractivity contribution in [2.75, 3.05) is 7.11 Å². The van der Waals surface area contributed by atoms with Gasteiger partial charge in [-0.3, -0.25) is 24.1 Å². The number of nitrogens with zero attached hydrogens (tertiary/aromatic N) is 2. The standard InChI is InChI=1S/C26H22F4N2O6S/c1-24(2,3)38-20(33)11-25(23(36)37-4)16-10-14(27)6-7-15(16)21(34)32(22(25)35)12-19-31-17-9-13(26(28,29)30)5-8-18(17)39-19/h5-10H,11-12H2,1-4H3. The van der Waals surface area contributed by atoms with Crippen LogP contribution in [-0.4, -0.2) is 46.3 Å². The van der Waals surface area contributed by atoms with Gasteiger partial charge >= 0.3 is 18.1 Å². The van der Waals surface area contributed by atoms with Crippen molar-refractivity contribution < 1.29 is 46.2 Å². The molecule has 3 aromatic rings. The summed E-state index contributed by atoms with van der Waals surface area (Å²) in [5.41, 5.74) is -4.98. The zero-order chi connectivity index (χ0) is 28.9. The Balaban J connectivity index is 1.83. The Labute approximate surface area is 223 Å². The van der Waals surface area contributed by atoms with Crippen LogP contribution in [0.25, 0.3) is 10.2 Å². The molecule has 0 saturated heterocycles. The molecule has 1 unspecified atom stereocenters. The average molecular weight is 567 g/mol. The van der Waals surface area contributed by atoms with Crippen molar-refractivity contribution in [2.45, 2.75) is 50.9 Å². The Bertz CT molecular complexity index is 1510. The molecular weight excluding hydrogens is 544 g/mol. The van der Waals surface area contributed by atoms with Crippen LogP contribution in [0.1, 0.15) is 53.7 Å². The van der Waals surface area contributed by atoms with Gasteiger partial charge in [-0.25, -0.2) is 9.37 Å². The summed E-state index contributed by atoms with van der Waals surface area (Å²) in [4.78, 5) is 58.3. The second kappa shape index (κ2) is 9.70. The molecule has 2 heterocycles. The molecule has 0 aliphatic carbocycles. The lowest BCUT2D eigenvalue weighted by atomic mass is 9.71. The normalized spacial score (nSPS) is 17.8. The van der Waals surface area contributed by atoms with E-state index < -0.39 is 65.3 Å². The molecule has 13 heteroatoms. The highest BCUT2D eigenvalue weighted by Gasteiger charge is 2.59. The number of carbonyl (C=O) groups is 4. The van der Waals surface area contributed by atoms with Gasteiger partial charge in [-0.05, 0) is 62.7 Å². The first kappa shape index (κ1) is 28.1. The monoisotopic (exact) mass is 566 g/mol. The van der Waals surface area contributed by atoms with E-state index in [0.29, 0.717) is 9.60 Å². The molecule has 206 valence electrons. The molecule has 39 heavy (non-hydrogen) atoms. The fourth-order valence-electron chi connectivity index (χ4n) is 4.35. The maximum Gasteiger partial charge on any atom is 0.416 e. The van der Waals surface area contributed by atoms with Gasteiger partial charge in [0, 0.05) is 5.56 Å². The summed E-state index contributed by atoms with van der Waals surface area (Å²) in [7, 11) is 0.970. The van der Waals surface area contributed by atoms with Crippen LogP contribution in [0.5, 0.6) is 0 Å². The number of ether oxygens (including phenoxy) is 2. The van der Waals surface area contributed by atoms with Gasteiger partial charge in [0.25, 0.3) is 11.8 Å². The first-order valence-corrected chi connectivity index (χ1v) is 12.3. The fourth-order valence-corrected chi connectivity index (χ4v) is 5.28. The van der Waals surface area contributed by atoms with E-state index >= 15 is 0 Å². The molecule has 0 saturated carbocycles. The number of thiazole rings is 1. The third-order valence-corrected chi connectivity index (χ3v) is 6.96. The molecule has 4 rings (SSSR count). The summed E-state index contributed by atoms with van der Waals surface area (Å²) in [6.07, 6.45) is -5.50. The summed E-state index contributed by atoms with van der Waals surface area (Å²) in [5.74, 6) is -5.16. The topological polar surface area (TPSA) is 103 Å².